The van der Waals surface area contributed by atoms with Crippen molar-refractivity contribution >= 4 is 29.9 Å². The van der Waals surface area contributed by atoms with Crippen molar-refractivity contribution in [1.82, 2.24) is 5.32 Å². The van der Waals surface area contributed by atoms with Gasteiger partial charge in [-0.2, -0.15) is 0 Å². The monoisotopic (exact) mass is 341 g/mol. The van der Waals surface area contributed by atoms with Crippen molar-refractivity contribution in [2.24, 2.45) is 5.73 Å². The smallest absolute Gasteiger partial charge is 0.239 e. The largest absolute Gasteiger partial charge is 0.383 e. The van der Waals surface area contributed by atoms with Crippen LogP contribution in [0.1, 0.15) is 30.4 Å². The maximum Gasteiger partial charge on any atom is 0.239 e. The molecule has 2 amide bonds. The van der Waals surface area contributed by atoms with Gasteiger partial charge in [0.25, 0.3) is 0 Å². The molecule has 0 fully saturated rings. The lowest BCUT2D eigenvalue weighted by atomic mass is 9.95. The Balaban J connectivity index is 0.00000264. The first-order valence-electron chi connectivity index (χ1n) is 7.52. The number of hydrogen-bond acceptors (Lipinski definition) is 4. The second-order valence-corrected chi connectivity index (χ2v) is 5.46. The quantitative estimate of drug-likeness (QED) is 0.694. The van der Waals surface area contributed by atoms with Gasteiger partial charge in [-0.05, 0) is 30.0 Å². The number of rotatable bonds is 7. The zero-order valence-corrected chi connectivity index (χ0v) is 14.2. The molecule has 0 aromatic heterocycles. The Bertz CT molecular complexity index is 566. The van der Waals surface area contributed by atoms with Crippen LogP contribution >= 0.6 is 12.4 Å². The molecule has 23 heavy (non-hydrogen) atoms. The van der Waals surface area contributed by atoms with Crippen molar-refractivity contribution in [3.63, 3.8) is 0 Å². The van der Waals surface area contributed by atoms with Gasteiger partial charge in [0.1, 0.15) is 6.04 Å². The van der Waals surface area contributed by atoms with Crippen LogP contribution in [-0.4, -0.2) is 38.1 Å². The van der Waals surface area contributed by atoms with E-state index in [0.29, 0.717) is 13.0 Å². The molecule has 0 bridgehead atoms. The zero-order valence-electron chi connectivity index (χ0n) is 13.4. The minimum Gasteiger partial charge on any atom is -0.383 e. The summed E-state index contributed by atoms with van der Waals surface area (Å²) in [6, 6.07) is 5.35. The summed E-state index contributed by atoms with van der Waals surface area (Å²) in [6.07, 6.45) is 1.48. The molecule has 1 heterocycles. The van der Waals surface area contributed by atoms with Crippen LogP contribution < -0.4 is 16.4 Å². The summed E-state index contributed by atoms with van der Waals surface area (Å²) in [5.74, 6) is -0.498. The molecule has 1 aromatic rings. The van der Waals surface area contributed by atoms with E-state index < -0.39 is 6.04 Å². The van der Waals surface area contributed by atoms with E-state index in [1.165, 1.54) is 12.7 Å². The third-order valence-electron chi connectivity index (χ3n) is 3.89. The average molecular weight is 342 g/mol. The fourth-order valence-electron chi connectivity index (χ4n) is 2.61. The van der Waals surface area contributed by atoms with Crippen molar-refractivity contribution in [3.05, 3.63) is 29.3 Å². The minimum absolute atomic E-state index is 0. The van der Waals surface area contributed by atoms with Crippen LogP contribution in [0.5, 0.6) is 0 Å². The van der Waals surface area contributed by atoms with Crippen molar-refractivity contribution in [1.29, 1.82) is 0 Å². The number of halogens is 1. The third kappa shape index (κ3) is 4.67. The summed E-state index contributed by atoms with van der Waals surface area (Å²) >= 11 is 0. The number of hydrogen-bond donors (Lipinski definition) is 3. The van der Waals surface area contributed by atoms with Crippen LogP contribution in [0.2, 0.25) is 0 Å². The van der Waals surface area contributed by atoms with Crippen LogP contribution in [0, 0.1) is 0 Å². The van der Waals surface area contributed by atoms with E-state index in [9.17, 15) is 9.59 Å². The van der Waals surface area contributed by atoms with E-state index in [-0.39, 0.29) is 36.7 Å². The number of methoxy groups -OCH3 is 1. The molecule has 0 spiro atoms. The second kappa shape index (κ2) is 8.86. The molecular formula is C16H24ClN3O3. The molecule has 7 heteroatoms. The number of nitrogens with one attached hydrogen (secondary N) is 2. The molecule has 6 nitrogen and oxygen atoms in total. The molecule has 2 rings (SSSR count). The fourth-order valence-corrected chi connectivity index (χ4v) is 2.61. The first-order valence-corrected chi connectivity index (χ1v) is 7.52. The van der Waals surface area contributed by atoms with Crippen LogP contribution in [-0.2, 0) is 20.7 Å². The molecule has 0 saturated heterocycles. The topological polar surface area (TPSA) is 93.5 Å². The van der Waals surface area contributed by atoms with Gasteiger partial charge in [-0.25, -0.2) is 0 Å². The molecule has 2 unspecified atom stereocenters. The van der Waals surface area contributed by atoms with Crippen LogP contribution in [0.15, 0.2) is 18.2 Å². The maximum absolute atomic E-state index is 12.1. The summed E-state index contributed by atoms with van der Waals surface area (Å²) in [6.45, 7) is 2.67. The Morgan fingerprint density at radius 1 is 1.48 bits per heavy atom. The Kier molecular flexibility index (Phi) is 7.48. The van der Waals surface area contributed by atoms with Gasteiger partial charge in [-0.3, -0.25) is 9.59 Å². The van der Waals surface area contributed by atoms with Crippen molar-refractivity contribution in [2.45, 2.75) is 31.7 Å². The van der Waals surface area contributed by atoms with Crippen LogP contribution in [0.4, 0.5) is 5.69 Å². The Morgan fingerprint density at radius 2 is 2.22 bits per heavy atom. The van der Waals surface area contributed by atoms with E-state index in [4.69, 9.17) is 10.5 Å². The van der Waals surface area contributed by atoms with Gasteiger partial charge in [0.05, 0.1) is 12.5 Å². The van der Waals surface area contributed by atoms with Gasteiger partial charge in [0.2, 0.25) is 11.8 Å². The molecule has 1 aliphatic heterocycles. The lowest BCUT2D eigenvalue weighted by molar-refractivity contribution is -0.123. The summed E-state index contributed by atoms with van der Waals surface area (Å²) < 4.78 is 4.84. The SMILES string of the molecule is CCc1ccc2c(c1)C(CCNC(=O)C(N)COC)C(=O)N2.Cl. The van der Waals surface area contributed by atoms with Gasteiger partial charge in [-0.15, -0.1) is 12.4 Å². The molecule has 2 atom stereocenters. The van der Waals surface area contributed by atoms with E-state index in [1.807, 2.05) is 12.1 Å². The third-order valence-corrected chi connectivity index (χ3v) is 3.89. The van der Waals surface area contributed by atoms with Gasteiger partial charge >= 0.3 is 0 Å². The second-order valence-electron chi connectivity index (χ2n) is 5.46. The summed E-state index contributed by atoms with van der Waals surface area (Å²) in [5.41, 5.74) is 8.73. The molecule has 0 aliphatic carbocycles. The first kappa shape index (κ1) is 19.4. The van der Waals surface area contributed by atoms with Crippen LogP contribution in [0.25, 0.3) is 0 Å². The summed E-state index contributed by atoms with van der Waals surface area (Å²) in [7, 11) is 1.50. The number of fused-ring (bicyclic) bond motifs is 1. The highest BCUT2D eigenvalue weighted by Crippen LogP contribution is 2.35. The lowest BCUT2D eigenvalue weighted by Gasteiger charge is -2.13. The number of ether oxygens (including phenoxy) is 1. The van der Waals surface area contributed by atoms with Crippen molar-refractivity contribution in [2.75, 3.05) is 25.6 Å². The Labute approximate surface area is 142 Å². The van der Waals surface area contributed by atoms with E-state index >= 15 is 0 Å². The van der Waals surface area contributed by atoms with E-state index in [1.54, 1.807) is 0 Å². The summed E-state index contributed by atoms with van der Waals surface area (Å²) in [5, 5.41) is 5.63. The predicted octanol–water partition coefficient (Wildman–Crippen LogP) is 1.19. The Hall–Kier alpha value is -1.63. The fraction of sp³-hybridized carbons (Fsp3) is 0.500. The molecule has 1 aromatic carbocycles. The van der Waals surface area contributed by atoms with E-state index in [0.717, 1.165) is 17.7 Å². The molecule has 0 radical (unpaired) electrons. The van der Waals surface area contributed by atoms with Crippen LogP contribution in [0.3, 0.4) is 0 Å². The molecule has 4 N–H and O–H groups in total. The average Bonchev–Trinajstić information content (AvgIpc) is 2.82. The predicted molar refractivity (Wildman–Crippen MR) is 91.9 cm³/mol. The highest BCUT2D eigenvalue weighted by Gasteiger charge is 2.30. The molecule has 1 aliphatic rings. The van der Waals surface area contributed by atoms with Gasteiger partial charge in [-0.1, -0.05) is 19.1 Å². The number of anilines is 1. The normalized spacial score (nSPS) is 17.0. The summed E-state index contributed by atoms with van der Waals surface area (Å²) in [4.78, 5) is 23.8. The molecule has 128 valence electrons. The highest BCUT2D eigenvalue weighted by atomic mass is 35.5. The zero-order chi connectivity index (χ0) is 16.1. The van der Waals surface area contributed by atoms with E-state index in [2.05, 4.69) is 23.6 Å². The lowest BCUT2D eigenvalue weighted by Crippen LogP contribution is -2.44. The first-order chi connectivity index (χ1) is 10.6. The number of carbonyl (C=O) groups excluding carboxylic acids is 2. The number of aryl methyl sites for hydroxylation is 1. The molecule has 0 saturated carbocycles. The van der Waals surface area contributed by atoms with Gasteiger partial charge < -0.3 is 21.1 Å². The van der Waals surface area contributed by atoms with Gasteiger partial charge in [0.15, 0.2) is 0 Å². The minimum atomic E-state index is -0.679. The number of carbonyl (C=O) groups is 2. The van der Waals surface area contributed by atoms with Crippen molar-refractivity contribution < 1.29 is 14.3 Å². The number of nitrogens with two attached hydrogens (primary N) is 1. The maximum atomic E-state index is 12.1. The van der Waals surface area contributed by atoms with Gasteiger partial charge in [0, 0.05) is 19.3 Å². The number of amides is 2. The van der Waals surface area contributed by atoms with Crippen molar-refractivity contribution in [3.8, 4) is 0 Å². The standard InChI is InChI=1S/C16H23N3O3.ClH/c1-3-10-4-5-14-12(8-10)11(15(20)19-14)6-7-18-16(21)13(17)9-22-2;/h4-5,8,11,13H,3,6-7,9,17H2,1-2H3,(H,18,21)(H,19,20);1H. The highest BCUT2D eigenvalue weighted by molar-refractivity contribution is 6.03. The number of benzene rings is 1. The Morgan fingerprint density at radius 3 is 2.87 bits per heavy atom. The molecular weight excluding hydrogens is 318 g/mol.